The lowest BCUT2D eigenvalue weighted by atomic mass is 9.99. The van der Waals surface area contributed by atoms with Crippen LogP contribution in [0.1, 0.15) is 25.7 Å². The molecule has 6 N–H and O–H groups in total. The van der Waals surface area contributed by atoms with Crippen LogP contribution in [-0.4, -0.2) is 62.3 Å². The topological polar surface area (TPSA) is 156 Å². The Morgan fingerprint density at radius 3 is 1.47 bits per heavy atom. The van der Waals surface area contributed by atoms with Crippen molar-refractivity contribution in [2.45, 2.75) is 25.7 Å². The molecule has 0 unspecified atom stereocenters. The standard InChI is InChI=1S/C25H28N4O2.C23H24N4O2/c1-29(2)23-15-20(14-22(17-23)27-21-6-4-3-5-7-21)19-8-11-26-24(16-19)28-25(30)18-9-12-31-13-10-18;24-19-12-18(13-21(15-19)26-20-4-2-1-3-5-20)17-6-9-25-22(14-17)27-23(28)16-7-10-29-11-8-16/h3-8,11,14-18,27H,9-10,12-13H2,1-2H3,(H,26,28,30);1-6,9,12-16,26H,7-8,10-11,24H2,(H,25,27,28). The molecule has 0 aliphatic carbocycles. The molecule has 0 atom stereocenters. The number of rotatable bonds is 11. The molecule has 8 rings (SSSR count). The average Bonchev–Trinajstić information content (AvgIpc) is 3.28. The van der Waals surface area contributed by atoms with E-state index in [1.54, 1.807) is 12.4 Å². The van der Waals surface area contributed by atoms with Crippen molar-refractivity contribution in [3.8, 4) is 22.3 Å². The van der Waals surface area contributed by atoms with Crippen LogP contribution in [-0.2, 0) is 19.1 Å². The number of carbonyl (C=O) groups is 2. The number of benzene rings is 4. The first-order valence-corrected chi connectivity index (χ1v) is 20.3. The number of ether oxygens (including phenoxy) is 2. The van der Waals surface area contributed by atoms with Gasteiger partial charge in [-0.2, -0.15) is 0 Å². The highest BCUT2D eigenvalue weighted by molar-refractivity contribution is 5.93. The van der Waals surface area contributed by atoms with E-state index in [9.17, 15) is 9.59 Å². The highest BCUT2D eigenvalue weighted by Crippen LogP contribution is 2.32. The predicted octanol–water partition coefficient (Wildman–Crippen LogP) is 9.36. The smallest absolute Gasteiger partial charge is 0.228 e. The summed E-state index contributed by atoms with van der Waals surface area (Å²) in [6, 6.07) is 39.9. The average molecular weight is 805 g/mol. The summed E-state index contributed by atoms with van der Waals surface area (Å²) in [6.45, 7) is 2.54. The maximum Gasteiger partial charge on any atom is 0.228 e. The van der Waals surface area contributed by atoms with E-state index in [4.69, 9.17) is 15.2 Å². The van der Waals surface area contributed by atoms with E-state index in [1.807, 2.05) is 117 Å². The molecular weight excluding hydrogens is 753 g/mol. The molecule has 60 heavy (non-hydrogen) atoms. The number of nitrogens with zero attached hydrogens (tertiary/aromatic N) is 3. The molecule has 2 fully saturated rings. The van der Waals surface area contributed by atoms with Crippen molar-refractivity contribution < 1.29 is 19.1 Å². The van der Waals surface area contributed by atoms with E-state index in [0.717, 1.165) is 76.4 Å². The van der Waals surface area contributed by atoms with Crippen LogP contribution in [0.5, 0.6) is 0 Å². The van der Waals surface area contributed by atoms with E-state index in [1.165, 1.54) is 0 Å². The van der Waals surface area contributed by atoms with Crippen LogP contribution in [0, 0.1) is 11.8 Å². The zero-order chi connectivity index (χ0) is 41.7. The molecule has 308 valence electrons. The third kappa shape index (κ3) is 11.7. The molecule has 4 heterocycles. The monoisotopic (exact) mass is 804 g/mol. The highest BCUT2D eigenvalue weighted by atomic mass is 16.5. The van der Waals surface area contributed by atoms with Crippen LogP contribution in [0.3, 0.4) is 0 Å². The van der Waals surface area contributed by atoms with Crippen molar-refractivity contribution in [2.75, 3.05) is 72.4 Å². The van der Waals surface area contributed by atoms with Crippen molar-refractivity contribution in [3.05, 3.63) is 134 Å². The van der Waals surface area contributed by atoms with Crippen LogP contribution in [0.2, 0.25) is 0 Å². The molecule has 0 bridgehead atoms. The summed E-state index contributed by atoms with van der Waals surface area (Å²) in [5.41, 5.74) is 15.7. The summed E-state index contributed by atoms with van der Waals surface area (Å²) in [7, 11) is 4.05. The first kappa shape index (κ1) is 41.4. The van der Waals surface area contributed by atoms with Gasteiger partial charge in [-0.25, -0.2) is 9.97 Å². The van der Waals surface area contributed by atoms with Gasteiger partial charge in [0.2, 0.25) is 11.8 Å². The number of amides is 2. The van der Waals surface area contributed by atoms with Gasteiger partial charge >= 0.3 is 0 Å². The molecule has 12 nitrogen and oxygen atoms in total. The Kier molecular flexibility index (Phi) is 14.0. The molecular formula is C48H52N8O4. The fraction of sp³-hybridized carbons (Fsp3) is 0.250. The molecule has 2 saturated heterocycles. The Morgan fingerprint density at radius 1 is 0.550 bits per heavy atom. The fourth-order valence-corrected chi connectivity index (χ4v) is 7.11. The van der Waals surface area contributed by atoms with Crippen LogP contribution >= 0.6 is 0 Å². The quantitative estimate of drug-likeness (QED) is 0.0800. The van der Waals surface area contributed by atoms with Gasteiger partial charge in [-0.1, -0.05) is 36.4 Å². The number of hydrogen-bond acceptors (Lipinski definition) is 10. The molecule has 2 aromatic heterocycles. The summed E-state index contributed by atoms with van der Waals surface area (Å²) in [4.78, 5) is 35.8. The Bertz CT molecular complexity index is 2350. The van der Waals surface area contributed by atoms with Crippen LogP contribution < -0.4 is 31.9 Å². The molecule has 6 aromatic rings. The Labute approximate surface area is 351 Å². The number of nitrogens with one attached hydrogen (secondary N) is 4. The van der Waals surface area contributed by atoms with Gasteiger partial charge < -0.3 is 41.4 Å². The van der Waals surface area contributed by atoms with Crippen molar-refractivity contribution in [1.82, 2.24) is 9.97 Å². The van der Waals surface area contributed by atoms with Crippen LogP contribution in [0.4, 0.5) is 45.8 Å². The minimum absolute atomic E-state index is 0.00282. The van der Waals surface area contributed by atoms with E-state index in [2.05, 4.69) is 54.3 Å². The highest BCUT2D eigenvalue weighted by Gasteiger charge is 2.23. The molecule has 4 aromatic carbocycles. The third-order valence-electron chi connectivity index (χ3n) is 10.4. The van der Waals surface area contributed by atoms with Crippen molar-refractivity contribution in [2.24, 2.45) is 11.8 Å². The van der Waals surface area contributed by atoms with Gasteiger partial charge in [0.1, 0.15) is 11.6 Å². The Balaban J connectivity index is 0.000000182. The molecule has 2 amide bonds. The minimum atomic E-state index is -0.0248. The number of pyridine rings is 2. The van der Waals surface area contributed by atoms with Crippen LogP contribution in [0.15, 0.2) is 134 Å². The summed E-state index contributed by atoms with van der Waals surface area (Å²) in [6.07, 6.45) is 6.43. The van der Waals surface area contributed by atoms with Crippen LogP contribution in [0.25, 0.3) is 22.3 Å². The normalized spacial score (nSPS) is 14.2. The molecule has 0 spiro atoms. The summed E-state index contributed by atoms with van der Waals surface area (Å²) in [5, 5.41) is 12.8. The molecule has 2 aliphatic heterocycles. The molecule has 12 heteroatoms. The minimum Gasteiger partial charge on any atom is -0.399 e. The van der Waals surface area contributed by atoms with Gasteiger partial charge in [0.15, 0.2) is 0 Å². The van der Waals surface area contributed by atoms with E-state index in [-0.39, 0.29) is 23.7 Å². The maximum atomic E-state index is 12.6. The van der Waals surface area contributed by atoms with Gasteiger partial charge in [-0.3, -0.25) is 9.59 Å². The zero-order valence-corrected chi connectivity index (χ0v) is 34.1. The first-order chi connectivity index (χ1) is 29.3. The number of para-hydroxylation sites is 2. The van der Waals surface area contributed by atoms with Crippen molar-refractivity contribution >= 4 is 57.6 Å². The second kappa shape index (κ2) is 20.3. The Hall–Kier alpha value is -6.76. The molecule has 0 radical (unpaired) electrons. The molecule has 2 aliphatic rings. The number of aromatic nitrogens is 2. The van der Waals surface area contributed by atoms with Crippen molar-refractivity contribution in [1.29, 1.82) is 0 Å². The summed E-state index contributed by atoms with van der Waals surface area (Å²) >= 11 is 0. The lowest BCUT2D eigenvalue weighted by Gasteiger charge is -2.21. The maximum absolute atomic E-state index is 12.6. The number of anilines is 8. The second-order valence-electron chi connectivity index (χ2n) is 15.1. The zero-order valence-electron chi connectivity index (χ0n) is 34.1. The number of hydrogen-bond donors (Lipinski definition) is 5. The van der Waals surface area contributed by atoms with Gasteiger partial charge in [-0.05, 0) is 133 Å². The van der Waals surface area contributed by atoms with Gasteiger partial charge in [0, 0.05) is 98.9 Å². The fourth-order valence-electron chi connectivity index (χ4n) is 7.11. The van der Waals surface area contributed by atoms with Crippen molar-refractivity contribution in [3.63, 3.8) is 0 Å². The largest absolute Gasteiger partial charge is 0.399 e. The molecule has 0 saturated carbocycles. The summed E-state index contributed by atoms with van der Waals surface area (Å²) in [5.74, 6) is 1.08. The van der Waals surface area contributed by atoms with E-state index < -0.39 is 0 Å². The summed E-state index contributed by atoms with van der Waals surface area (Å²) < 4.78 is 10.7. The van der Waals surface area contributed by atoms with Gasteiger partial charge in [-0.15, -0.1) is 0 Å². The second-order valence-corrected chi connectivity index (χ2v) is 15.1. The van der Waals surface area contributed by atoms with E-state index >= 15 is 0 Å². The number of nitrogens with two attached hydrogens (primary N) is 1. The predicted molar refractivity (Wildman–Crippen MR) is 242 cm³/mol. The SMILES string of the molecule is CN(C)c1cc(Nc2ccccc2)cc(-c2ccnc(NC(=O)C3CCOCC3)c2)c1.Nc1cc(Nc2ccccc2)cc(-c2ccnc(NC(=O)C3CCOCC3)c2)c1. The van der Waals surface area contributed by atoms with Gasteiger partial charge in [0.25, 0.3) is 0 Å². The number of nitrogen functional groups attached to an aromatic ring is 1. The lowest BCUT2D eigenvalue weighted by molar-refractivity contribution is -0.123. The lowest BCUT2D eigenvalue weighted by Crippen LogP contribution is -2.28. The Morgan fingerprint density at radius 2 is 1.00 bits per heavy atom. The third-order valence-corrected chi connectivity index (χ3v) is 10.4. The number of carbonyl (C=O) groups excluding carboxylic acids is 2. The first-order valence-electron chi connectivity index (χ1n) is 20.3. The van der Waals surface area contributed by atoms with E-state index in [0.29, 0.717) is 43.8 Å². The van der Waals surface area contributed by atoms with Gasteiger partial charge in [0.05, 0.1) is 0 Å².